The molecule has 0 N–H and O–H groups in total. The number of aromatic nitrogens is 2. The summed E-state index contributed by atoms with van der Waals surface area (Å²) in [6, 6.07) is 19.8. The van der Waals surface area contributed by atoms with Gasteiger partial charge in [-0.3, -0.25) is 4.98 Å². The number of hydrogen-bond acceptors (Lipinski definition) is 5. The Balaban J connectivity index is 1.53. The maximum absolute atomic E-state index is 9.09. The number of aryl methyl sites for hydroxylation is 1. The number of ether oxygens (including phenoxy) is 1. The maximum Gasteiger partial charge on any atom is 0.129 e. The van der Waals surface area contributed by atoms with Crippen LogP contribution in [-0.2, 0) is 4.74 Å². The molecule has 1 fully saturated rings. The van der Waals surface area contributed by atoms with E-state index in [1.54, 1.807) is 0 Å². The van der Waals surface area contributed by atoms with Crippen LogP contribution in [0.15, 0.2) is 60.8 Å². The summed E-state index contributed by atoms with van der Waals surface area (Å²) in [7, 11) is 0. The van der Waals surface area contributed by atoms with Crippen molar-refractivity contribution in [2.24, 2.45) is 0 Å². The molecule has 6 heteroatoms. The molecule has 34 heavy (non-hydrogen) atoms. The summed E-state index contributed by atoms with van der Waals surface area (Å²) in [6.07, 6.45) is 2.19. The minimum Gasteiger partial charge on any atom is -0.372 e. The van der Waals surface area contributed by atoms with Crippen molar-refractivity contribution in [2.45, 2.75) is 33.0 Å². The Labute approximate surface area is 204 Å². The lowest BCUT2D eigenvalue weighted by Gasteiger charge is -2.36. The number of morpholine rings is 1. The number of hydrogen-bond donors (Lipinski definition) is 0. The molecule has 2 aromatic carbocycles. The zero-order valence-electron chi connectivity index (χ0n) is 19.4. The molecule has 0 unspecified atom stereocenters. The van der Waals surface area contributed by atoms with Gasteiger partial charge in [0.1, 0.15) is 5.82 Å². The normalized spacial score (nSPS) is 18.1. The summed E-state index contributed by atoms with van der Waals surface area (Å²) in [6.45, 7) is 7.85. The lowest BCUT2D eigenvalue weighted by Crippen LogP contribution is -2.45. The number of benzene rings is 2. The maximum atomic E-state index is 9.09. The Hall–Kier alpha value is -3.46. The van der Waals surface area contributed by atoms with Gasteiger partial charge in [0, 0.05) is 47.1 Å². The standard InChI is InChI=1S/C28H25ClN4O/c1-17-15-33(16-18(2)34-17)26-12-11-22(19(3)32-26)25-14-31-28-23(5-4-6-24(28)27(25)29)21-9-7-20(13-30)8-10-21/h4-12,14,17-18H,15-16H2,1-3H3/t17-,18+. The second-order valence-electron chi connectivity index (χ2n) is 8.84. The SMILES string of the molecule is Cc1nc(N2C[C@@H](C)O[C@@H](C)C2)ccc1-c1cnc2c(-c3ccc(C#N)cc3)cccc2c1Cl. The van der Waals surface area contributed by atoms with Gasteiger partial charge in [0.05, 0.1) is 34.4 Å². The van der Waals surface area contributed by atoms with E-state index in [2.05, 4.69) is 36.9 Å². The fraction of sp³-hybridized carbons (Fsp3) is 0.250. The molecule has 0 amide bonds. The average Bonchev–Trinajstić information content (AvgIpc) is 2.84. The van der Waals surface area contributed by atoms with Gasteiger partial charge >= 0.3 is 0 Å². The Kier molecular flexibility index (Phi) is 5.95. The van der Waals surface area contributed by atoms with Crippen LogP contribution in [-0.4, -0.2) is 35.3 Å². The van der Waals surface area contributed by atoms with Gasteiger partial charge in [-0.05, 0) is 50.6 Å². The first-order valence-electron chi connectivity index (χ1n) is 11.4. The smallest absolute Gasteiger partial charge is 0.129 e. The molecular formula is C28H25ClN4O. The quantitative estimate of drug-likeness (QED) is 0.347. The second kappa shape index (κ2) is 9.06. The molecule has 3 heterocycles. The van der Waals surface area contributed by atoms with Gasteiger partial charge in [-0.25, -0.2) is 4.98 Å². The second-order valence-corrected chi connectivity index (χ2v) is 9.22. The monoisotopic (exact) mass is 468 g/mol. The van der Waals surface area contributed by atoms with Gasteiger partial charge in [0.25, 0.3) is 0 Å². The molecule has 1 aliphatic rings. The van der Waals surface area contributed by atoms with E-state index in [4.69, 9.17) is 31.6 Å². The van der Waals surface area contributed by atoms with E-state index >= 15 is 0 Å². The first kappa shape index (κ1) is 22.3. The fourth-order valence-electron chi connectivity index (χ4n) is 4.71. The van der Waals surface area contributed by atoms with E-state index in [9.17, 15) is 0 Å². The molecule has 5 nitrogen and oxygen atoms in total. The molecular weight excluding hydrogens is 444 g/mol. The number of fused-ring (bicyclic) bond motifs is 1. The predicted octanol–water partition coefficient (Wildman–Crippen LogP) is 6.41. The predicted molar refractivity (Wildman–Crippen MR) is 137 cm³/mol. The topological polar surface area (TPSA) is 62.0 Å². The highest BCUT2D eigenvalue weighted by atomic mass is 35.5. The van der Waals surface area contributed by atoms with E-state index in [1.807, 2.05) is 55.6 Å². The summed E-state index contributed by atoms with van der Waals surface area (Å²) in [4.78, 5) is 12.0. The van der Waals surface area contributed by atoms with Crippen molar-refractivity contribution in [3.8, 4) is 28.3 Å². The molecule has 0 spiro atoms. The fourth-order valence-corrected chi connectivity index (χ4v) is 5.01. The van der Waals surface area contributed by atoms with Crippen LogP contribution in [0.1, 0.15) is 25.1 Å². The number of halogens is 1. The molecule has 2 atom stereocenters. The number of nitrogens with zero attached hydrogens (tertiary/aromatic N) is 4. The molecule has 1 saturated heterocycles. The number of rotatable bonds is 3. The van der Waals surface area contributed by atoms with Crippen molar-refractivity contribution in [3.63, 3.8) is 0 Å². The molecule has 1 aliphatic heterocycles. The van der Waals surface area contributed by atoms with Crippen LogP contribution in [0.2, 0.25) is 5.02 Å². The van der Waals surface area contributed by atoms with Gasteiger partial charge in [-0.15, -0.1) is 0 Å². The van der Waals surface area contributed by atoms with E-state index < -0.39 is 0 Å². The molecule has 0 radical (unpaired) electrons. The summed E-state index contributed by atoms with van der Waals surface area (Å²) >= 11 is 6.94. The summed E-state index contributed by atoms with van der Waals surface area (Å²) in [5.74, 6) is 0.955. The van der Waals surface area contributed by atoms with E-state index in [1.165, 1.54) is 0 Å². The molecule has 0 bridgehead atoms. The van der Waals surface area contributed by atoms with Crippen LogP contribution in [0.4, 0.5) is 5.82 Å². The Bertz CT molecular complexity index is 1400. The highest BCUT2D eigenvalue weighted by Crippen LogP contribution is 2.38. The molecule has 0 aliphatic carbocycles. The molecule has 170 valence electrons. The van der Waals surface area contributed by atoms with Gasteiger partial charge < -0.3 is 9.64 Å². The van der Waals surface area contributed by atoms with Gasteiger partial charge in [0.2, 0.25) is 0 Å². The number of nitriles is 1. The van der Waals surface area contributed by atoms with Crippen LogP contribution in [0.25, 0.3) is 33.2 Å². The van der Waals surface area contributed by atoms with Crippen molar-refractivity contribution in [3.05, 3.63) is 77.1 Å². The first-order valence-corrected chi connectivity index (χ1v) is 11.8. The van der Waals surface area contributed by atoms with Crippen LogP contribution < -0.4 is 4.90 Å². The van der Waals surface area contributed by atoms with Crippen LogP contribution in [0.5, 0.6) is 0 Å². The number of pyridine rings is 2. The van der Waals surface area contributed by atoms with E-state index in [0.717, 1.165) is 57.8 Å². The Morgan fingerprint density at radius 2 is 1.71 bits per heavy atom. The third kappa shape index (κ3) is 4.11. The Morgan fingerprint density at radius 1 is 0.971 bits per heavy atom. The summed E-state index contributed by atoms with van der Waals surface area (Å²) in [5.41, 5.74) is 6.20. The van der Waals surface area contributed by atoms with Gasteiger partial charge in [0.15, 0.2) is 0 Å². The summed E-state index contributed by atoms with van der Waals surface area (Å²) in [5, 5.41) is 10.6. The number of anilines is 1. The molecule has 2 aromatic heterocycles. The van der Waals surface area contributed by atoms with Crippen molar-refractivity contribution >= 4 is 28.3 Å². The zero-order valence-corrected chi connectivity index (χ0v) is 20.2. The lowest BCUT2D eigenvalue weighted by atomic mass is 9.98. The molecule has 4 aromatic rings. The number of para-hydroxylation sites is 1. The van der Waals surface area contributed by atoms with E-state index in [0.29, 0.717) is 10.6 Å². The average molecular weight is 469 g/mol. The van der Waals surface area contributed by atoms with Crippen molar-refractivity contribution in [2.75, 3.05) is 18.0 Å². The van der Waals surface area contributed by atoms with Crippen LogP contribution in [0.3, 0.4) is 0 Å². The minimum absolute atomic E-state index is 0.176. The lowest BCUT2D eigenvalue weighted by molar-refractivity contribution is -0.00546. The van der Waals surface area contributed by atoms with E-state index in [-0.39, 0.29) is 12.2 Å². The highest BCUT2D eigenvalue weighted by molar-refractivity contribution is 6.38. The zero-order chi connectivity index (χ0) is 23.8. The van der Waals surface area contributed by atoms with Gasteiger partial charge in [-0.1, -0.05) is 41.9 Å². The molecule has 5 rings (SSSR count). The van der Waals surface area contributed by atoms with Crippen molar-refractivity contribution in [1.29, 1.82) is 5.26 Å². The van der Waals surface area contributed by atoms with Crippen LogP contribution >= 0.6 is 11.6 Å². The third-order valence-corrected chi connectivity index (χ3v) is 6.67. The third-order valence-electron chi connectivity index (χ3n) is 6.26. The Morgan fingerprint density at radius 3 is 2.38 bits per heavy atom. The highest BCUT2D eigenvalue weighted by Gasteiger charge is 2.24. The molecule has 0 saturated carbocycles. The van der Waals surface area contributed by atoms with Crippen LogP contribution in [0, 0.1) is 18.3 Å². The first-order chi connectivity index (χ1) is 16.4. The minimum atomic E-state index is 0.176. The van der Waals surface area contributed by atoms with Crippen molar-refractivity contribution < 1.29 is 4.74 Å². The van der Waals surface area contributed by atoms with Crippen molar-refractivity contribution in [1.82, 2.24) is 9.97 Å². The summed E-state index contributed by atoms with van der Waals surface area (Å²) < 4.78 is 5.86. The largest absolute Gasteiger partial charge is 0.372 e. The van der Waals surface area contributed by atoms with Gasteiger partial charge in [-0.2, -0.15) is 5.26 Å².